The monoisotopic (exact) mass is 219 g/mol. The third-order valence-corrected chi connectivity index (χ3v) is 5.01. The Morgan fingerprint density at radius 3 is 2.88 bits per heavy atom. The van der Waals surface area contributed by atoms with Gasteiger partial charge in [-0.25, -0.2) is 0 Å². The van der Waals surface area contributed by atoms with E-state index in [1.807, 2.05) is 0 Å². The maximum Gasteiger partial charge on any atom is 0.0628 e. The molecule has 2 saturated heterocycles. The minimum atomic E-state index is 0.384. The molecular weight excluding hydrogens is 198 g/mol. The Morgan fingerprint density at radius 1 is 1.44 bits per heavy atom. The summed E-state index contributed by atoms with van der Waals surface area (Å²) in [5.41, 5.74) is 0.384. The largest absolute Gasteiger partial charge is 0.316 e. The topological polar surface area (TPSA) is 39.1 Å². The molecule has 3 unspecified atom stereocenters. The Labute approximate surface area is 97.8 Å². The van der Waals surface area contributed by atoms with Crippen LogP contribution in [0.2, 0.25) is 0 Å². The number of rotatable bonds is 3. The molecule has 0 radical (unpaired) electrons. The standard InChI is InChI=1S/C13H21N3/c1-10-12-7-15-6-11(12)8-16(10)9-13(2-3-13)4-5-14/h10-12,15H,2-4,6-9H2,1H3. The van der Waals surface area contributed by atoms with E-state index in [-0.39, 0.29) is 0 Å². The van der Waals surface area contributed by atoms with Crippen LogP contribution in [0.1, 0.15) is 26.2 Å². The first kappa shape index (κ1) is 10.6. The third kappa shape index (κ3) is 1.65. The van der Waals surface area contributed by atoms with Crippen molar-refractivity contribution >= 4 is 0 Å². The number of nitrogens with zero attached hydrogens (tertiary/aromatic N) is 2. The summed E-state index contributed by atoms with van der Waals surface area (Å²) in [5.74, 6) is 1.73. The van der Waals surface area contributed by atoms with Gasteiger partial charge in [0.1, 0.15) is 0 Å². The van der Waals surface area contributed by atoms with E-state index >= 15 is 0 Å². The highest BCUT2D eigenvalue weighted by molar-refractivity contribution is 5.05. The van der Waals surface area contributed by atoms with Crippen molar-refractivity contribution in [3.8, 4) is 6.07 Å². The first-order valence-corrected chi connectivity index (χ1v) is 6.56. The van der Waals surface area contributed by atoms with E-state index in [1.165, 1.54) is 39.0 Å². The van der Waals surface area contributed by atoms with Crippen molar-refractivity contribution in [3.63, 3.8) is 0 Å². The molecule has 1 saturated carbocycles. The van der Waals surface area contributed by atoms with E-state index < -0.39 is 0 Å². The van der Waals surface area contributed by atoms with Crippen molar-refractivity contribution in [3.05, 3.63) is 0 Å². The maximum atomic E-state index is 8.86. The van der Waals surface area contributed by atoms with Gasteiger partial charge in [-0.15, -0.1) is 0 Å². The molecule has 3 atom stereocenters. The second-order valence-corrected chi connectivity index (χ2v) is 6.09. The summed E-state index contributed by atoms with van der Waals surface area (Å²) in [7, 11) is 0. The Balaban J connectivity index is 1.63. The van der Waals surface area contributed by atoms with Gasteiger partial charge in [0.05, 0.1) is 6.07 Å². The molecule has 3 fully saturated rings. The minimum Gasteiger partial charge on any atom is -0.316 e. The van der Waals surface area contributed by atoms with Crippen molar-refractivity contribution in [1.29, 1.82) is 5.26 Å². The molecule has 1 aliphatic carbocycles. The predicted octanol–water partition coefficient (Wildman–Crippen LogP) is 1.22. The van der Waals surface area contributed by atoms with Gasteiger partial charge in [0.2, 0.25) is 0 Å². The van der Waals surface area contributed by atoms with E-state index in [2.05, 4.69) is 23.2 Å². The van der Waals surface area contributed by atoms with Gasteiger partial charge < -0.3 is 5.32 Å². The molecule has 88 valence electrons. The fourth-order valence-corrected chi connectivity index (χ4v) is 3.63. The van der Waals surface area contributed by atoms with E-state index in [4.69, 9.17) is 5.26 Å². The van der Waals surface area contributed by atoms with Gasteiger partial charge >= 0.3 is 0 Å². The molecule has 3 heteroatoms. The van der Waals surface area contributed by atoms with Crippen LogP contribution in [0.4, 0.5) is 0 Å². The molecule has 0 spiro atoms. The van der Waals surface area contributed by atoms with Crippen LogP contribution in [0.5, 0.6) is 0 Å². The molecule has 0 amide bonds. The maximum absolute atomic E-state index is 8.86. The number of hydrogen-bond donors (Lipinski definition) is 1. The summed E-state index contributed by atoms with van der Waals surface area (Å²) in [4.78, 5) is 2.65. The fraction of sp³-hybridized carbons (Fsp3) is 0.923. The van der Waals surface area contributed by atoms with Crippen molar-refractivity contribution in [1.82, 2.24) is 10.2 Å². The first-order chi connectivity index (χ1) is 7.74. The lowest BCUT2D eigenvalue weighted by Gasteiger charge is -2.27. The van der Waals surface area contributed by atoms with Gasteiger partial charge in [0.15, 0.2) is 0 Å². The quantitative estimate of drug-likeness (QED) is 0.775. The van der Waals surface area contributed by atoms with Crippen molar-refractivity contribution in [2.75, 3.05) is 26.2 Å². The van der Waals surface area contributed by atoms with Crippen LogP contribution in [-0.4, -0.2) is 37.1 Å². The number of fused-ring (bicyclic) bond motifs is 1. The zero-order chi connectivity index (χ0) is 11.2. The van der Waals surface area contributed by atoms with Crippen LogP contribution in [0.15, 0.2) is 0 Å². The van der Waals surface area contributed by atoms with Crippen LogP contribution < -0.4 is 5.32 Å². The van der Waals surface area contributed by atoms with E-state index in [0.29, 0.717) is 5.41 Å². The summed E-state index contributed by atoms with van der Waals surface area (Å²) < 4.78 is 0. The molecule has 0 aromatic rings. The average molecular weight is 219 g/mol. The van der Waals surface area contributed by atoms with Gasteiger partial charge in [-0.1, -0.05) is 0 Å². The summed E-state index contributed by atoms with van der Waals surface area (Å²) in [6.45, 7) is 7.21. The molecule has 16 heavy (non-hydrogen) atoms. The van der Waals surface area contributed by atoms with Gasteiger partial charge in [0, 0.05) is 25.6 Å². The van der Waals surface area contributed by atoms with Gasteiger partial charge in [-0.05, 0) is 50.1 Å². The van der Waals surface area contributed by atoms with Crippen molar-refractivity contribution in [2.45, 2.75) is 32.2 Å². The zero-order valence-corrected chi connectivity index (χ0v) is 10.1. The van der Waals surface area contributed by atoms with Crippen LogP contribution in [0, 0.1) is 28.6 Å². The van der Waals surface area contributed by atoms with Crippen molar-refractivity contribution in [2.24, 2.45) is 17.3 Å². The molecule has 3 nitrogen and oxygen atoms in total. The number of hydrogen-bond acceptors (Lipinski definition) is 3. The lowest BCUT2D eigenvalue weighted by atomic mass is 9.95. The second kappa shape index (κ2) is 3.72. The Hall–Kier alpha value is -0.590. The summed E-state index contributed by atoms with van der Waals surface area (Å²) >= 11 is 0. The van der Waals surface area contributed by atoms with E-state index in [9.17, 15) is 0 Å². The smallest absolute Gasteiger partial charge is 0.0628 e. The van der Waals surface area contributed by atoms with Gasteiger partial charge in [0.25, 0.3) is 0 Å². The molecule has 2 heterocycles. The minimum absolute atomic E-state index is 0.384. The number of nitrogens with one attached hydrogen (secondary N) is 1. The normalized spacial score (nSPS) is 40.6. The highest BCUT2D eigenvalue weighted by atomic mass is 15.2. The molecule has 0 aromatic carbocycles. The molecule has 3 rings (SSSR count). The van der Waals surface area contributed by atoms with E-state index in [1.54, 1.807) is 0 Å². The zero-order valence-electron chi connectivity index (χ0n) is 10.1. The first-order valence-electron chi connectivity index (χ1n) is 6.56. The Kier molecular flexibility index (Phi) is 2.45. The number of likely N-dealkylation sites (tertiary alicyclic amines) is 1. The highest BCUT2D eigenvalue weighted by Gasteiger charge is 2.48. The molecule has 3 aliphatic rings. The predicted molar refractivity (Wildman–Crippen MR) is 62.8 cm³/mol. The Morgan fingerprint density at radius 2 is 2.25 bits per heavy atom. The second-order valence-electron chi connectivity index (χ2n) is 6.09. The average Bonchev–Trinajstić information content (AvgIpc) is 2.74. The lowest BCUT2D eigenvalue weighted by molar-refractivity contribution is 0.194. The van der Waals surface area contributed by atoms with Crippen LogP contribution >= 0.6 is 0 Å². The number of nitriles is 1. The molecule has 1 N–H and O–H groups in total. The highest BCUT2D eigenvalue weighted by Crippen LogP contribution is 2.50. The Bertz CT molecular complexity index is 316. The van der Waals surface area contributed by atoms with Crippen molar-refractivity contribution < 1.29 is 0 Å². The summed E-state index contributed by atoms with van der Waals surface area (Å²) in [5, 5.41) is 12.4. The van der Waals surface area contributed by atoms with Crippen LogP contribution in [-0.2, 0) is 0 Å². The van der Waals surface area contributed by atoms with Crippen LogP contribution in [0.3, 0.4) is 0 Å². The molecule has 2 aliphatic heterocycles. The molecular formula is C13H21N3. The lowest BCUT2D eigenvalue weighted by Crippen LogP contribution is -2.37. The molecule has 0 aromatic heterocycles. The third-order valence-electron chi connectivity index (χ3n) is 5.01. The van der Waals surface area contributed by atoms with Crippen LogP contribution in [0.25, 0.3) is 0 Å². The summed E-state index contributed by atoms with van der Waals surface area (Å²) in [6, 6.07) is 3.09. The SMILES string of the molecule is CC1C2CNCC2CN1CC1(CC#N)CC1. The fourth-order valence-electron chi connectivity index (χ4n) is 3.63. The van der Waals surface area contributed by atoms with Gasteiger partial charge in [-0.3, -0.25) is 4.90 Å². The van der Waals surface area contributed by atoms with E-state index in [0.717, 1.165) is 24.3 Å². The summed E-state index contributed by atoms with van der Waals surface area (Å²) in [6.07, 6.45) is 3.32. The molecule has 0 bridgehead atoms. The van der Waals surface area contributed by atoms with Gasteiger partial charge in [-0.2, -0.15) is 5.26 Å².